The average molecular weight is 200 g/mol. The predicted molar refractivity (Wildman–Crippen MR) is 55.2 cm³/mol. The van der Waals surface area contributed by atoms with Crippen LogP contribution in [0.4, 0.5) is 4.79 Å². The lowest BCUT2D eigenvalue weighted by atomic mass is 9.89. The number of nitrogens with one attached hydrogen (secondary N) is 2. The molecule has 0 saturated heterocycles. The molecule has 1 aliphatic carbocycles. The predicted octanol–water partition coefficient (Wildman–Crippen LogP) is 1.26. The maximum atomic E-state index is 11.1. The topological polar surface area (TPSA) is 50.4 Å². The van der Waals surface area contributed by atoms with Crippen LogP contribution in [0.5, 0.6) is 0 Å². The Morgan fingerprint density at radius 1 is 1.50 bits per heavy atom. The number of carbonyl (C=O) groups is 1. The molecule has 1 rings (SSSR count). The summed E-state index contributed by atoms with van der Waals surface area (Å²) in [4.78, 5) is 11.1. The van der Waals surface area contributed by atoms with Crippen molar-refractivity contribution in [2.75, 3.05) is 6.54 Å². The van der Waals surface area contributed by atoms with Crippen molar-refractivity contribution >= 4 is 6.03 Å². The molecule has 4 nitrogen and oxygen atoms in total. The second-order valence-electron chi connectivity index (χ2n) is 3.98. The average Bonchev–Trinajstić information content (AvgIpc) is 2.00. The Morgan fingerprint density at radius 3 is 2.64 bits per heavy atom. The smallest absolute Gasteiger partial charge is 0.314 e. The third-order valence-corrected chi connectivity index (χ3v) is 2.23. The van der Waals surface area contributed by atoms with E-state index in [1.807, 2.05) is 20.8 Å². The van der Waals surface area contributed by atoms with Crippen molar-refractivity contribution in [3.05, 3.63) is 0 Å². The summed E-state index contributed by atoms with van der Waals surface area (Å²) in [7, 11) is 0. The molecule has 2 amide bonds. The maximum absolute atomic E-state index is 11.1. The summed E-state index contributed by atoms with van der Waals surface area (Å²) in [6, 6.07) is 0.228. The van der Waals surface area contributed by atoms with Gasteiger partial charge < -0.3 is 15.4 Å². The van der Waals surface area contributed by atoms with Gasteiger partial charge in [0, 0.05) is 12.6 Å². The van der Waals surface area contributed by atoms with E-state index in [2.05, 4.69) is 10.6 Å². The molecular formula is C10H20N2O2. The third-order valence-electron chi connectivity index (χ3n) is 2.23. The van der Waals surface area contributed by atoms with Crippen molar-refractivity contribution in [2.24, 2.45) is 0 Å². The van der Waals surface area contributed by atoms with Crippen molar-refractivity contribution in [1.82, 2.24) is 10.6 Å². The van der Waals surface area contributed by atoms with E-state index in [9.17, 15) is 4.79 Å². The lowest BCUT2D eigenvalue weighted by molar-refractivity contribution is -0.0475. The Bertz CT molecular complexity index is 189. The van der Waals surface area contributed by atoms with Crippen molar-refractivity contribution in [3.63, 3.8) is 0 Å². The van der Waals surface area contributed by atoms with Gasteiger partial charge in [0.2, 0.25) is 0 Å². The van der Waals surface area contributed by atoms with Crippen molar-refractivity contribution < 1.29 is 9.53 Å². The molecule has 0 aliphatic heterocycles. The quantitative estimate of drug-likeness (QED) is 0.718. The zero-order chi connectivity index (χ0) is 10.6. The van der Waals surface area contributed by atoms with Gasteiger partial charge in [0.15, 0.2) is 0 Å². The van der Waals surface area contributed by atoms with Crippen LogP contribution in [-0.2, 0) is 4.74 Å². The molecule has 0 atom stereocenters. The van der Waals surface area contributed by atoms with Crippen LogP contribution >= 0.6 is 0 Å². The van der Waals surface area contributed by atoms with Crippen LogP contribution in [0.3, 0.4) is 0 Å². The standard InChI is InChI=1S/C10H20N2O2/c1-4-11-10(13)12-8-5-9(6-8)14-7(2)3/h7-9H,4-6H2,1-3H3,(H2,11,12,13). The second kappa shape index (κ2) is 5.20. The van der Waals surface area contributed by atoms with Crippen LogP contribution in [0.2, 0.25) is 0 Å². The molecule has 0 aromatic carbocycles. The number of amides is 2. The number of ether oxygens (including phenoxy) is 1. The highest BCUT2D eigenvalue weighted by molar-refractivity contribution is 5.74. The van der Waals surface area contributed by atoms with Gasteiger partial charge in [0.05, 0.1) is 12.2 Å². The lowest BCUT2D eigenvalue weighted by Gasteiger charge is -2.36. The Kier molecular flexibility index (Phi) is 4.20. The van der Waals surface area contributed by atoms with Gasteiger partial charge in [-0.25, -0.2) is 4.79 Å². The van der Waals surface area contributed by atoms with E-state index in [0.29, 0.717) is 18.7 Å². The van der Waals surface area contributed by atoms with Gasteiger partial charge in [0.1, 0.15) is 0 Å². The summed E-state index contributed by atoms with van der Waals surface area (Å²) in [5, 5.41) is 5.60. The summed E-state index contributed by atoms with van der Waals surface area (Å²) in [6.45, 7) is 6.64. The van der Waals surface area contributed by atoms with E-state index >= 15 is 0 Å². The monoisotopic (exact) mass is 200 g/mol. The highest BCUT2D eigenvalue weighted by Crippen LogP contribution is 2.24. The molecule has 1 aliphatic rings. The van der Waals surface area contributed by atoms with Gasteiger partial charge in [-0.15, -0.1) is 0 Å². The van der Waals surface area contributed by atoms with Crippen LogP contribution in [0.15, 0.2) is 0 Å². The first-order valence-electron chi connectivity index (χ1n) is 5.31. The summed E-state index contributed by atoms with van der Waals surface area (Å²) in [5.74, 6) is 0. The highest BCUT2D eigenvalue weighted by atomic mass is 16.5. The van der Waals surface area contributed by atoms with Crippen LogP contribution in [0.1, 0.15) is 33.6 Å². The summed E-state index contributed by atoms with van der Waals surface area (Å²) in [6.07, 6.45) is 2.50. The molecule has 0 unspecified atom stereocenters. The number of hydrogen-bond donors (Lipinski definition) is 2. The molecule has 1 fully saturated rings. The summed E-state index contributed by atoms with van der Waals surface area (Å²) >= 11 is 0. The zero-order valence-electron chi connectivity index (χ0n) is 9.17. The van der Waals surface area contributed by atoms with Crippen molar-refractivity contribution in [1.29, 1.82) is 0 Å². The molecule has 4 heteroatoms. The fraction of sp³-hybridized carbons (Fsp3) is 0.900. The molecule has 0 bridgehead atoms. The van der Waals surface area contributed by atoms with E-state index in [0.717, 1.165) is 12.8 Å². The minimum atomic E-state index is -0.0690. The fourth-order valence-electron chi connectivity index (χ4n) is 1.58. The molecule has 0 spiro atoms. The van der Waals surface area contributed by atoms with Gasteiger partial charge in [-0.2, -0.15) is 0 Å². The summed E-state index contributed by atoms with van der Waals surface area (Å²) < 4.78 is 5.59. The first-order valence-corrected chi connectivity index (χ1v) is 5.31. The first kappa shape index (κ1) is 11.3. The Labute approximate surface area is 85.4 Å². The van der Waals surface area contributed by atoms with E-state index < -0.39 is 0 Å². The molecule has 0 heterocycles. The molecule has 0 aromatic heterocycles. The van der Waals surface area contributed by atoms with E-state index in [1.54, 1.807) is 0 Å². The van der Waals surface area contributed by atoms with Gasteiger partial charge in [-0.1, -0.05) is 0 Å². The van der Waals surface area contributed by atoms with E-state index in [-0.39, 0.29) is 12.1 Å². The minimum absolute atomic E-state index is 0.0690. The van der Waals surface area contributed by atoms with Crippen LogP contribution in [0, 0.1) is 0 Å². The first-order chi connectivity index (χ1) is 6.61. The molecule has 2 N–H and O–H groups in total. The number of hydrogen-bond acceptors (Lipinski definition) is 2. The SMILES string of the molecule is CCNC(=O)NC1CC(OC(C)C)C1. The molecule has 82 valence electrons. The fourth-order valence-corrected chi connectivity index (χ4v) is 1.58. The van der Waals surface area contributed by atoms with Crippen molar-refractivity contribution in [2.45, 2.75) is 51.9 Å². The Hall–Kier alpha value is -0.770. The van der Waals surface area contributed by atoms with Gasteiger partial charge in [0.25, 0.3) is 0 Å². The normalized spacial score (nSPS) is 25.7. The molecule has 0 radical (unpaired) electrons. The number of rotatable bonds is 4. The molecule has 14 heavy (non-hydrogen) atoms. The minimum Gasteiger partial charge on any atom is -0.375 e. The lowest BCUT2D eigenvalue weighted by Crippen LogP contribution is -2.51. The van der Waals surface area contributed by atoms with Gasteiger partial charge in [-0.3, -0.25) is 0 Å². The molecular weight excluding hydrogens is 180 g/mol. The largest absolute Gasteiger partial charge is 0.375 e. The van der Waals surface area contributed by atoms with E-state index in [1.165, 1.54) is 0 Å². The second-order valence-corrected chi connectivity index (χ2v) is 3.98. The van der Waals surface area contributed by atoms with Crippen molar-refractivity contribution in [3.8, 4) is 0 Å². The zero-order valence-corrected chi connectivity index (χ0v) is 9.17. The van der Waals surface area contributed by atoms with Crippen LogP contribution < -0.4 is 10.6 Å². The van der Waals surface area contributed by atoms with Gasteiger partial charge in [-0.05, 0) is 33.6 Å². The molecule has 0 aromatic rings. The number of urea groups is 1. The maximum Gasteiger partial charge on any atom is 0.314 e. The third kappa shape index (κ3) is 3.54. The van der Waals surface area contributed by atoms with Crippen LogP contribution in [-0.4, -0.2) is 30.8 Å². The Morgan fingerprint density at radius 2 is 2.14 bits per heavy atom. The van der Waals surface area contributed by atoms with Gasteiger partial charge >= 0.3 is 6.03 Å². The molecule has 1 saturated carbocycles. The van der Waals surface area contributed by atoms with E-state index in [4.69, 9.17) is 4.74 Å². The summed E-state index contributed by atoms with van der Waals surface area (Å²) in [5.41, 5.74) is 0. The number of carbonyl (C=O) groups excluding carboxylic acids is 1. The Balaban J connectivity index is 2.06. The highest BCUT2D eigenvalue weighted by Gasteiger charge is 2.31. The van der Waals surface area contributed by atoms with Crippen LogP contribution in [0.25, 0.3) is 0 Å².